The van der Waals surface area contributed by atoms with Crippen LogP contribution in [0.2, 0.25) is 0 Å². The zero-order valence-electron chi connectivity index (χ0n) is 43.1. The van der Waals surface area contributed by atoms with Crippen molar-refractivity contribution in [2.75, 3.05) is 40.0 Å². The first kappa shape index (κ1) is 65.0. The van der Waals surface area contributed by atoms with Crippen LogP contribution >= 0.6 is 0 Å². The Bertz CT molecular complexity index is 722. The number of hydrogen-bond acceptors (Lipinski definition) is 5. The van der Waals surface area contributed by atoms with E-state index in [1.807, 2.05) is 6.92 Å². The largest absolute Gasteiger partial charge is 0.466 e. The van der Waals surface area contributed by atoms with Crippen molar-refractivity contribution in [3.8, 4) is 0 Å². The molecule has 0 amide bonds. The summed E-state index contributed by atoms with van der Waals surface area (Å²) in [6.07, 6.45) is 45.0. The molecule has 0 spiro atoms. The second kappa shape index (κ2) is 55.4. The molecule has 0 radical (unpaired) electrons. The topological polar surface area (TPSA) is 59.0 Å². The molecule has 360 valence electrons. The molecule has 0 bridgehead atoms. The van der Waals surface area contributed by atoms with Crippen LogP contribution in [0, 0.1) is 11.3 Å². The van der Waals surface area contributed by atoms with Crippen LogP contribution in [0.5, 0.6) is 0 Å². The molecule has 0 aromatic heterocycles. The van der Waals surface area contributed by atoms with Gasteiger partial charge in [-0.05, 0) is 77.4 Å². The molecule has 0 fully saturated rings. The summed E-state index contributed by atoms with van der Waals surface area (Å²) in [6.45, 7) is 28.1. The lowest BCUT2D eigenvalue weighted by molar-refractivity contribution is -0.141. The standard InChI is InChI=1S/C19H41NO2.C13H28.C12H26.C10H20O2/c1-7-22-16-11-9-8-10-14-20(6)15-12-13-17(2)19(4,5)18(3)21;1-3-5-7-9-11-13-12-10-8-6-4-2;1-3-5-7-9-11-12-10-8-6-4-2;1-3-4-5-6-7-8-9-12-10(2)11/h17-18,21H,7-16H2,1-6H3;3-13H2,1-2H3;3-12H2,1-2H3;3-9H2,1-2H3. The fraction of sp³-hybridized carbons (Fsp3) is 0.981. The number of esters is 1. The highest BCUT2D eigenvalue weighted by Gasteiger charge is 2.30. The summed E-state index contributed by atoms with van der Waals surface area (Å²) in [5.74, 6) is 0.392. The van der Waals surface area contributed by atoms with Crippen molar-refractivity contribution in [3.63, 3.8) is 0 Å². The third-order valence-electron chi connectivity index (χ3n) is 12.3. The number of rotatable bonds is 40. The maximum atomic E-state index is 10.4. The van der Waals surface area contributed by atoms with E-state index in [1.54, 1.807) is 0 Å². The van der Waals surface area contributed by atoms with Gasteiger partial charge in [-0.1, -0.05) is 235 Å². The van der Waals surface area contributed by atoms with Gasteiger partial charge in [0, 0.05) is 20.1 Å². The lowest BCUT2D eigenvalue weighted by atomic mass is 9.74. The third-order valence-corrected chi connectivity index (χ3v) is 12.3. The molecule has 2 atom stereocenters. The lowest BCUT2D eigenvalue weighted by Gasteiger charge is -2.35. The SMILES string of the molecule is CCCCCCCCCCCC.CCCCCCCCCCCCC.CCCCCCCCOC(C)=O.CCOCCCCCCN(C)CCCC(C)C(C)(C)C(C)O. The molecule has 0 heterocycles. The van der Waals surface area contributed by atoms with E-state index < -0.39 is 0 Å². The highest BCUT2D eigenvalue weighted by molar-refractivity contribution is 5.65. The van der Waals surface area contributed by atoms with E-state index in [2.05, 4.69) is 74.3 Å². The maximum Gasteiger partial charge on any atom is 0.302 e. The summed E-state index contributed by atoms with van der Waals surface area (Å²) in [6, 6.07) is 0. The number of aliphatic hydroxyl groups is 1. The van der Waals surface area contributed by atoms with Gasteiger partial charge in [0.25, 0.3) is 0 Å². The van der Waals surface area contributed by atoms with E-state index in [4.69, 9.17) is 9.47 Å². The van der Waals surface area contributed by atoms with Gasteiger partial charge in [0.15, 0.2) is 0 Å². The molecular weight excluding hydrogens is 727 g/mol. The Morgan fingerprint density at radius 2 is 0.797 bits per heavy atom. The van der Waals surface area contributed by atoms with Crippen LogP contribution < -0.4 is 0 Å². The van der Waals surface area contributed by atoms with Gasteiger partial charge in [-0.15, -0.1) is 0 Å². The summed E-state index contributed by atoms with van der Waals surface area (Å²) in [7, 11) is 2.23. The normalized spacial score (nSPS) is 12.2. The quantitative estimate of drug-likeness (QED) is 0.0492. The molecule has 5 nitrogen and oxygen atoms in total. The number of carbonyl (C=O) groups is 1. The molecule has 0 aromatic carbocycles. The van der Waals surface area contributed by atoms with E-state index >= 15 is 0 Å². The van der Waals surface area contributed by atoms with Gasteiger partial charge >= 0.3 is 5.97 Å². The molecule has 1 N–H and O–H groups in total. The van der Waals surface area contributed by atoms with Crippen molar-refractivity contribution in [3.05, 3.63) is 0 Å². The number of nitrogens with zero attached hydrogens (tertiary/aromatic N) is 1. The fourth-order valence-corrected chi connectivity index (χ4v) is 7.04. The van der Waals surface area contributed by atoms with Crippen LogP contribution in [0.25, 0.3) is 0 Å². The molecule has 0 aliphatic heterocycles. The van der Waals surface area contributed by atoms with Gasteiger partial charge in [-0.25, -0.2) is 0 Å². The Hall–Kier alpha value is -0.650. The van der Waals surface area contributed by atoms with E-state index in [1.165, 1.54) is 225 Å². The molecule has 0 saturated carbocycles. The van der Waals surface area contributed by atoms with Crippen molar-refractivity contribution in [1.29, 1.82) is 0 Å². The van der Waals surface area contributed by atoms with Crippen molar-refractivity contribution >= 4 is 5.97 Å². The van der Waals surface area contributed by atoms with Crippen molar-refractivity contribution in [2.45, 2.75) is 294 Å². The summed E-state index contributed by atoms with van der Waals surface area (Å²) in [5, 5.41) is 9.86. The highest BCUT2D eigenvalue weighted by atomic mass is 16.5. The molecule has 59 heavy (non-hydrogen) atoms. The minimum atomic E-state index is -0.239. The van der Waals surface area contributed by atoms with E-state index in [0.29, 0.717) is 12.5 Å². The molecule has 0 aliphatic carbocycles. The lowest BCUT2D eigenvalue weighted by Crippen LogP contribution is -2.33. The molecule has 0 aliphatic rings. The summed E-state index contributed by atoms with van der Waals surface area (Å²) < 4.78 is 10.2. The molecular formula is C54H115NO4. The first-order valence-electron chi connectivity index (χ1n) is 26.5. The average molecular weight is 843 g/mol. The minimum Gasteiger partial charge on any atom is -0.466 e. The van der Waals surface area contributed by atoms with Crippen molar-refractivity contribution in [2.24, 2.45) is 11.3 Å². The number of aliphatic hydroxyl groups excluding tert-OH is 1. The zero-order valence-corrected chi connectivity index (χ0v) is 43.1. The summed E-state index contributed by atoms with van der Waals surface area (Å²) in [5.41, 5.74) is 0.0130. The maximum absolute atomic E-state index is 10.4. The predicted molar refractivity (Wildman–Crippen MR) is 266 cm³/mol. The van der Waals surface area contributed by atoms with Crippen LogP contribution in [0.1, 0.15) is 288 Å². The van der Waals surface area contributed by atoms with Gasteiger partial charge in [0.2, 0.25) is 0 Å². The number of hydrogen-bond donors (Lipinski definition) is 1. The number of unbranched alkanes of at least 4 members (excludes halogenated alkanes) is 27. The Morgan fingerprint density at radius 1 is 0.492 bits per heavy atom. The number of ether oxygens (including phenoxy) is 2. The Balaban J connectivity index is -0.000000357. The Labute approximate surface area is 374 Å². The molecule has 0 aromatic rings. The van der Waals surface area contributed by atoms with Crippen LogP contribution in [0.3, 0.4) is 0 Å². The van der Waals surface area contributed by atoms with Crippen molar-refractivity contribution < 1.29 is 19.4 Å². The molecule has 0 saturated heterocycles. The third kappa shape index (κ3) is 59.5. The van der Waals surface area contributed by atoms with Crippen LogP contribution in [-0.4, -0.2) is 62.0 Å². The van der Waals surface area contributed by atoms with E-state index in [9.17, 15) is 9.90 Å². The average Bonchev–Trinajstić information content (AvgIpc) is 3.21. The molecule has 0 rings (SSSR count). The molecule has 2 unspecified atom stereocenters. The van der Waals surface area contributed by atoms with Crippen LogP contribution in [0.15, 0.2) is 0 Å². The second-order valence-corrected chi connectivity index (χ2v) is 18.6. The van der Waals surface area contributed by atoms with Crippen LogP contribution in [-0.2, 0) is 14.3 Å². The summed E-state index contributed by atoms with van der Waals surface area (Å²) in [4.78, 5) is 12.8. The van der Waals surface area contributed by atoms with E-state index in [-0.39, 0.29) is 17.5 Å². The van der Waals surface area contributed by atoms with E-state index in [0.717, 1.165) is 19.6 Å². The highest BCUT2D eigenvalue weighted by Crippen LogP contribution is 2.33. The monoisotopic (exact) mass is 842 g/mol. The van der Waals surface area contributed by atoms with Gasteiger partial charge in [-0.3, -0.25) is 4.79 Å². The van der Waals surface area contributed by atoms with Crippen LogP contribution in [0.4, 0.5) is 0 Å². The van der Waals surface area contributed by atoms with Crippen molar-refractivity contribution in [1.82, 2.24) is 4.90 Å². The fourth-order valence-electron chi connectivity index (χ4n) is 7.04. The predicted octanol–water partition coefficient (Wildman–Crippen LogP) is 17.5. The smallest absolute Gasteiger partial charge is 0.302 e. The van der Waals surface area contributed by atoms with Gasteiger partial charge < -0.3 is 19.5 Å². The zero-order chi connectivity index (χ0) is 45.1. The molecule has 5 heteroatoms. The first-order chi connectivity index (χ1) is 28.4. The van der Waals surface area contributed by atoms with Gasteiger partial charge in [0.05, 0.1) is 12.7 Å². The van der Waals surface area contributed by atoms with Gasteiger partial charge in [0.1, 0.15) is 0 Å². The second-order valence-electron chi connectivity index (χ2n) is 18.6. The Morgan fingerprint density at radius 3 is 1.12 bits per heavy atom. The minimum absolute atomic E-state index is 0.0130. The summed E-state index contributed by atoms with van der Waals surface area (Å²) >= 11 is 0. The van der Waals surface area contributed by atoms with Gasteiger partial charge in [-0.2, -0.15) is 0 Å². The first-order valence-corrected chi connectivity index (χ1v) is 26.5. The Kier molecular flexibility index (Phi) is 61.0. The number of carbonyl (C=O) groups excluding carboxylic acids is 1.